The van der Waals surface area contributed by atoms with Crippen LogP contribution in [0.5, 0.6) is 0 Å². The van der Waals surface area contributed by atoms with E-state index in [0.29, 0.717) is 21.9 Å². The predicted octanol–water partition coefficient (Wildman–Crippen LogP) is 4.37. The third-order valence-corrected chi connectivity index (χ3v) is 4.71. The van der Waals surface area contributed by atoms with Gasteiger partial charge in [-0.05, 0) is 37.3 Å². The van der Waals surface area contributed by atoms with E-state index >= 15 is 0 Å². The van der Waals surface area contributed by atoms with Gasteiger partial charge in [0.25, 0.3) is 0 Å². The van der Waals surface area contributed by atoms with Gasteiger partial charge >= 0.3 is 0 Å². The minimum absolute atomic E-state index is 0.0367. The Bertz CT molecular complexity index is 1290. The number of hydrogen-bond donors (Lipinski definition) is 2. The molecule has 2 aromatic heterocycles. The number of nitrogens with zero attached hydrogens (tertiary/aromatic N) is 5. The van der Waals surface area contributed by atoms with Gasteiger partial charge in [0.05, 0.1) is 22.8 Å². The predicted molar refractivity (Wildman–Crippen MR) is 109 cm³/mol. The second-order valence-corrected chi connectivity index (χ2v) is 6.96. The quantitative estimate of drug-likeness (QED) is 0.502. The maximum absolute atomic E-state index is 13.9. The summed E-state index contributed by atoms with van der Waals surface area (Å²) in [6.07, 6.45) is 1.23. The summed E-state index contributed by atoms with van der Waals surface area (Å²) >= 11 is 6.14. The van der Waals surface area contributed by atoms with Crippen LogP contribution >= 0.6 is 11.6 Å². The number of nitriles is 1. The molecule has 2 aromatic carbocycles. The first kappa shape index (κ1) is 19.5. The zero-order valence-corrected chi connectivity index (χ0v) is 16.3. The molecule has 2 heterocycles. The Morgan fingerprint density at radius 3 is 2.60 bits per heavy atom. The zero-order chi connectivity index (χ0) is 21.4. The summed E-state index contributed by atoms with van der Waals surface area (Å²) in [6, 6.07) is 9.67. The summed E-state index contributed by atoms with van der Waals surface area (Å²) in [7, 11) is 0. The molecule has 0 aliphatic carbocycles. The highest BCUT2D eigenvalue weighted by Crippen LogP contribution is 2.30. The van der Waals surface area contributed by atoms with Crippen LogP contribution in [0, 0.1) is 23.0 Å². The number of anilines is 2. The average Bonchev–Trinajstić information content (AvgIpc) is 3.06. The van der Waals surface area contributed by atoms with E-state index in [1.807, 2.05) is 6.07 Å². The molecule has 150 valence electrons. The monoisotopic (exact) mass is 425 g/mol. The lowest BCUT2D eigenvalue weighted by Crippen LogP contribution is -2.15. The molecule has 1 unspecified atom stereocenters. The van der Waals surface area contributed by atoms with Crippen LogP contribution in [0.1, 0.15) is 24.4 Å². The average molecular weight is 426 g/mol. The van der Waals surface area contributed by atoms with E-state index in [9.17, 15) is 14.0 Å². The molecule has 0 amide bonds. The highest BCUT2D eigenvalue weighted by molar-refractivity contribution is 6.31. The molecule has 0 aliphatic rings. The molecule has 0 aliphatic heterocycles. The molecule has 10 heteroatoms. The summed E-state index contributed by atoms with van der Waals surface area (Å²) in [6.45, 7) is 1.77. The van der Waals surface area contributed by atoms with E-state index in [4.69, 9.17) is 17.3 Å². The highest BCUT2D eigenvalue weighted by Gasteiger charge is 2.21. The first-order valence-corrected chi connectivity index (χ1v) is 9.16. The number of aromatic nitrogens is 4. The normalized spacial score (nSPS) is 12.0. The number of hydrogen-bond acceptors (Lipinski definition) is 6. The number of nitrogens with two attached hydrogens (primary N) is 1. The van der Waals surface area contributed by atoms with Crippen molar-refractivity contribution in [2.24, 2.45) is 0 Å². The van der Waals surface area contributed by atoms with E-state index in [-0.39, 0.29) is 22.9 Å². The van der Waals surface area contributed by atoms with Crippen molar-refractivity contribution in [1.29, 1.82) is 5.26 Å². The second kappa shape index (κ2) is 7.57. The lowest BCUT2D eigenvalue weighted by molar-refractivity contribution is 0.581. The summed E-state index contributed by atoms with van der Waals surface area (Å²) < 4.78 is 29.5. The van der Waals surface area contributed by atoms with Gasteiger partial charge in [0.15, 0.2) is 0 Å². The SMILES string of the molecule is CC(Nc1ncnc(N)c1C#N)c1nc2ccc(Cl)cc2n1-c1cc(F)cc(F)c1. The second-order valence-electron chi connectivity index (χ2n) is 6.53. The van der Waals surface area contributed by atoms with Crippen LogP contribution in [0.25, 0.3) is 16.7 Å². The van der Waals surface area contributed by atoms with Gasteiger partial charge in [-0.25, -0.2) is 23.7 Å². The van der Waals surface area contributed by atoms with Crippen LogP contribution in [0.15, 0.2) is 42.7 Å². The van der Waals surface area contributed by atoms with Crippen molar-refractivity contribution < 1.29 is 8.78 Å². The molecule has 0 radical (unpaired) electrons. The van der Waals surface area contributed by atoms with Crippen LogP contribution in [0.3, 0.4) is 0 Å². The largest absolute Gasteiger partial charge is 0.382 e. The smallest absolute Gasteiger partial charge is 0.150 e. The van der Waals surface area contributed by atoms with Gasteiger partial charge in [0.1, 0.15) is 47.1 Å². The van der Waals surface area contributed by atoms with E-state index < -0.39 is 17.7 Å². The third kappa shape index (κ3) is 3.49. The molecule has 0 bridgehead atoms. The molecule has 0 saturated carbocycles. The first-order chi connectivity index (χ1) is 14.4. The van der Waals surface area contributed by atoms with Crippen LogP contribution in [-0.4, -0.2) is 19.5 Å². The lowest BCUT2D eigenvalue weighted by atomic mass is 10.2. The fourth-order valence-corrected chi connectivity index (χ4v) is 3.35. The van der Waals surface area contributed by atoms with Crippen molar-refractivity contribution in [2.45, 2.75) is 13.0 Å². The Kier molecular flexibility index (Phi) is 4.93. The van der Waals surface area contributed by atoms with Crippen molar-refractivity contribution in [3.63, 3.8) is 0 Å². The first-order valence-electron chi connectivity index (χ1n) is 8.79. The summed E-state index contributed by atoms with van der Waals surface area (Å²) in [4.78, 5) is 12.5. The van der Waals surface area contributed by atoms with Gasteiger partial charge in [0.2, 0.25) is 0 Å². The summed E-state index contributed by atoms with van der Waals surface area (Å²) in [5, 5.41) is 12.9. The Hall–Kier alpha value is -3.77. The Balaban J connectivity index is 1.89. The van der Waals surface area contributed by atoms with Gasteiger partial charge in [0, 0.05) is 11.1 Å². The lowest BCUT2D eigenvalue weighted by Gasteiger charge is -2.18. The number of nitrogen functional groups attached to an aromatic ring is 1. The van der Waals surface area contributed by atoms with Crippen LogP contribution in [0.4, 0.5) is 20.4 Å². The molecule has 30 heavy (non-hydrogen) atoms. The van der Waals surface area contributed by atoms with Crippen LogP contribution < -0.4 is 11.1 Å². The van der Waals surface area contributed by atoms with Crippen molar-refractivity contribution in [2.75, 3.05) is 11.1 Å². The fourth-order valence-electron chi connectivity index (χ4n) is 3.19. The van der Waals surface area contributed by atoms with Gasteiger partial charge in [-0.2, -0.15) is 5.26 Å². The molecule has 0 saturated heterocycles. The maximum Gasteiger partial charge on any atom is 0.150 e. The number of fused-ring (bicyclic) bond motifs is 1. The summed E-state index contributed by atoms with van der Waals surface area (Å²) in [5.74, 6) is -0.765. The minimum atomic E-state index is -0.726. The topological polar surface area (TPSA) is 105 Å². The van der Waals surface area contributed by atoms with E-state index in [2.05, 4.69) is 20.3 Å². The van der Waals surface area contributed by atoms with Gasteiger partial charge in [-0.1, -0.05) is 11.6 Å². The standard InChI is InChI=1S/C20H14ClF2N7/c1-10(28-19-15(8-24)18(25)26-9-27-19)20-29-16-3-2-11(21)4-17(16)30(20)14-6-12(22)5-13(23)7-14/h2-7,9-10H,1H3,(H3,25,26,27,28). The molecular formula is C20H14ClF2N7. The van der Waals surface area contributed by atoms with Crippen molar-refractivity contribution in [3.8, 4) is 11.8 Å². The van der Waals surface area contributed by atoms with E-state index in [1.54, 1.807) is 29.7 Å². The Morgan fingerprint density at radius 2 is 1.90 bits per heavy atom. The number of nitrogens with one attached hydrogen (secondary N) is 1. The van der Waals surface area contributed by atoms with E-state index in [1.165, 1.54) is 18.5 Å². The molecule has 7 nitrogen and oxygen atoms in total. The van der Waals surface area contributed by atoms with Gasteiger partial charge in [-0.15, -0.1) is 0 Å². The molecule has 1 atom stereocenters. The fraction of sp³-hybridized carbons (Fsp3) is 0.100. The number of rotatable bonds is 4. The number of benzene rings is 2. The van der Waals surface area contributed by atoms with Crippen molar-refractivity contribution in [3.05, 3.63) is 70.8 Å². The Morgan fingerprint density at radius 1 is 1.17 bits per heavy atom. The molecule has 0 fully saturated rings. The molecular weight excluding hydrogens is 412 g/mol. The maximum atomic E-state index is 13.9. The third-order valence-electron chi connectivity index (χ3n) is 4.48. The van der Waals surface area contributed by atoms with Gasteiger partial charge in [-0.3, -0.25) is 4.57 Å². The molecule has 3 N–H and O–H groups in total. The van der Waals surface area contributed by atoms with Gasteiger partial charge < -0.3 is 11.1 Å². The van der Waals surface area contributed by atoms with Crippen molar-refractivity contribution in [1.82, 2.24) is 19.5 Å². The molecule has 4 rings (SSSR count). The van der Waals surface area contributed by atoms with Crippen LogP contribution in [0.2, 0.25) is 5.02 Å². The number of halogens is 3. The minimum Gasteiger partial charge on any atom is -0.382 e. The van der Waals surface area contributed by atoms with Crippen molar-refractivity contribution >= 4 is 34.3 Å². The molecule has 0 spiro atoms. The summed E-state index contributed by atoms with van der Waals surface area (Å²) in [5.41, 5.74) is 7.22. The Labute approximate surface area is 174 Å². The molecule has 4 aromatic rings. The zero-order valence-electron chi connectivity index (χ0n) is 15.6. The highest BCUT2D eigenvalue weighted by atomic mass is 35.5. The number of imidazole rings is 1. The van der Waals surface area contributed by atoms with E-state index in [0.717, 1.165) is 6.07 Å². The van der Waals surface area contributed by atoms with Crippen LogP contribution in [-0.2, 0) is 0 Å².